The first-order chi connectivity index (χ1) is 11.2. The zero-order chi connectivity index (χ0) is 15.8. The maximum atomic E-state index is 12.4. The molecule has 0 radical (unpaired) electrons. The zero-order valence-corrected chi connectivity index (χ0v) is 14.8. The van der Waals surface area contributed by atoms with Crippen LogP contribution >= 0.6 is 15.9 Å². The first-order valence-electron chi connectivity index (χ1n) is 8.67. The van der Waals surface area contributed by atoms with Crippen molar-refractivity contribution in [3.8, 4) is 0 Å². The van der Waals surface area contributed by atoms with E-state index >= 15 is 0 Å². The van der Waals surface area contributed by atoms with Crippen molar-refractivity contribution in [3.63, 3.8) is 0 Å². The Morgan fingerprint density at radius 1 is 1.26 bits per heavy atom. The number of hydrogen-bond acceptors (Lipinski definition) is 3. The maximum absolute atomic E-state index is 12.4. The molecule has 1 aromatic carbocycles. The number of fused-ring (bicyclic) bond motifs is 4. The van der Waals surface area contributed by atoms with E-state index in [1.165, 1.54) is 11.1 Å². The van der Waals surface area contributed by atoms with Gasteiger partial charge in [0.15, 0.2) is 0 Å². The van der Waals surface area contributed by atoms with Crippen LogP contribution in [0.3, 0.4) is 0 Å². The van der Waals surface area contributed by atoms with Gasteiger partial charge in [0.05, 0.1) is 6.04 Å². The van der Waals surface area contributed by atoms with Crippen LogP contribution in [0.5, 0.6) is 0 Å². The second kappa shape index (κ2) is 6.44. The third kappa shape index (κ3) is 3.26. The molecule has 0 saturated carbocycles. The molecule has 1 aliphatic carbocycles. The van der Waals surface area contributed by atoms with Gasteiger partial charge >= 0.3 is 6.09 Å². The Morgan fingerprint density at radius 2 is 2.09 bits per heavy atom. The summed E-state index contributed by atoms with van der Waals surface area (Å²) in [6.07, 6.45) is 5.34. The molecule has 2 bridgehead atoms. The van der Waals surface area contributed by atoms with Gasteiger partial charge in [-0.3, -0.25) is 4.90 Å². The van der Waals surface area contributed by atoms with Crippen LogP contribution in [0.25, 0.3) is 0 Å². The molecule has 4 nitrogen and oxygen atoms in total. The summed E-state index contributed by atoms with van der Waals surface area (Å²) in [6.45, 7) is 3.23. The Morgan fingerprint density at radius 3 is 2.83 bits per heavy atom. The molecule has 1 aromatic rings. The van der Waals surface area contributed by atoms with Crippen LogP contribution in [0.2, 0.25) is 0 Å². The first kappa shape index (κ1) is 15.5. The molecular weight excluding hydrogens is 356 g/mol. The summed E-state index contributed by atoms with van der Waals surface area (Å²) in [6, 6.07) is 6.44. The fourth-order valence-corrected chi connectivity index (χ4v) is 4.66. The Hall–Kier alpha value is -1.07. The van der Waals surface area contributed by atoms with Crippen molar-refractivity contribution in [1.29, 1.82) is 0 Å². The molecule has 2 atom stereocenters. The molecule has 5 rings (SSSR count). The molecule has 0 aromatic heterocycles. The molecule has 1 unspecified atom stereocenters. The fourth-order valence-electron chi connectivity index (χ4n) is 4.28. The van der Waals surface area contributed by atoms with Crippen molar-refractivity contribution in [2.75, 3.05) is 19.6 Å². The molecule has 1 amide bonds. The lowest BCUT2D eigenvalue weighted by Crippen LogP contribution is -2.52. The van der Waals surface area contributed by atoms with E-state index in [1.54, 1.807) is 0 Å². The second-order valence-electron chi connectivity index (χ2n) is 7.01. The average Bonchev–Trinajstić information content (AvgIpc) is 2.56. The molecule has 5 heteroatoms. The Labute approximate surface area is 145 Å². The lowest BCUT2D eigenvalue weighted by Gasteiger charge is -2.44. The summed E-state index contributed by atoms with van der Waals surface area (Å²) in [7, 11) is 0. The Kier molecular flexibility index (Phi) is 4.33. The van der Waals surface area contributed by atoms with Crippen molar-refractivity contribution in [2.24, 2.45) is 5.92 Å². The second-order valence-corrected chi connectivity index (χ2v) is 7.93. The number of piperidine rings is 3. The predicted octanol–water partition coefficient (Wildman–Crippen LogP) is 3.65. The summed E-state index contributed by atoms with van der Waals surface area (Å²) in [5.74, 6) is 0.554. The average molecular weight is 379 g/mol. The van der Waals surface area contributed by atoms with Crippen LogP contribution in [-0.4, -0.2) is 36.7 Å². The highest BCUT2D eigenvalue weighted by Crippen LogP contribution is 2.33. The van der Waals surface area contributed by atoms with E-state index in [0.29, 0.717) is 5.92 Å². The number of alkyl carbamates (subject to hydrolysis) is 1. The van der Waals surface area contributed by atoms with Crippen molar-refractivity contribution >= 4 is 22.0 Å². The molecule has 23 heavy (non-hydrogen) atoms. The molecule has 3 saturated heterocycles. The van der Waals surface area contributed by atoms with Crippen LogP contribution in [0.1, 0.15) is 42.9 Å². The maximum Gasteiger partial charge on any atom is 0.407 e. The van der Waals surface area contributed by atoms with E-state index < -0.39 is 0 Å². The molecule has 3 heterocycles. The number of nitrogens with zero attached hydrogens (tertiary/aromatic N) is 1. The number of carbonyl (C=O) groups is 1. The minimum absolute atomic E-state index is 0.0723. The summed E-state index contributed by atoms with van der Waals surface area (Å²) in [4.78, 5) is 14.8. The van der Waals surface area contributed by atoms with Gasteiger partial charge in [0.1, 0.15) is 6.10 Å². The fraction of sp³-hybridized carbons (Fsp3) is 0.611. The summed E-state index contributed by atoms with van der Waals surface area (Å²) >= 11 is 3.54. The summed E-state index contributed by atoms with van der Waals surface area (Å²) in [5.41, 5.74) is 2.57. The van der Waals surface area contributed by atoms with Crippen LogP contribution in [0, 0.1) is 5.92 Å². The number of benzene rings is 1. The van der Waals surface area contributed by atoms with E-state index in [4.69, 9.17) is 4.74 Å². The zero-order valence-electron chi connectivity index (χ0n) is 13.3. The number of rotatable bonds is 2. The highest BCUT2D eigenvalue weighted by Gasteiger charge is 2.36. The quantitative estimate of drug-likeness (QED) is 0.853. The monoisotopic (exact) mass is 378 g/mol. The smallest absolute Gasteiger partial charge is 0.407 e. The van der Waals surface area contributed by atoms with Crippen molar-refractivity contribution in [3.05, 3.63) is 33.8 Å². The molecule has 1 N–H and O–H groups in total. The third-order valence-electron chi connectivity index (χ3n) is 5.57. The van der Waals surface area contributed by atoms with Crippen molar-refractivity contribution in [2.45, 2.75) is 44.2 Å². The number of halogens is 1. The van der Waals surface area contributed by atoms with Crippen molar-refractivity contribution < 1.29 is 9.53 Å². The van der Waals surface area contributed by atoms with Gasteiger partial charge in [-0.05, 0) is 74.4 Å². The van der Waals surface area contributed by atoms with Gasteiger partial charge in [-0.2, -0.15) is 0 Å². The summed E-state index contributed by atoms with van der Waals surface area (Å²) in [5, 5.41) is 3.11. The van der Waals surface area contributed by atoms with E-state index in [1.807, 2.05) is 0 Å². The van der Waals surface area contributed by atoms with Crippen LogP contribution in [0.4, 0.5) is 4.79 Å². The van der Waals surface area contributed by atoms with Gasteiger partial charge < -0.3 is 10.1 Å². The highest BCUT2D eigenvalue weighted by atomic mass is 79.9. The number of ether oxygens (including phenoxy) is 1. The Bertz CT molecular complexity index is 599. The van der Waals surface area contributed by atoms with Gasteiger partial charge in [0.25, 0.3) is 0 Å². The normalized spacial score (nSPS) is 32.2. The van der Waals surface area contributed by atoms with E-state index in [-0.39, 0.29) is 18.2 Å². The SMILES string of the molecule is O=C(NC1CCCc2ccc(Br)cc21)O[C@H]1CN2CCC1CC2. The minimum atomic E-state index is -0.249. The predicted molar refractivity (Wildman–Crippen MR) is 92.4 cm³/mol. The molecular formula is C18H23BrN2O2. The minimum Gasteiger partial charge on any atom is -0.445 e. The van der Waals surface area contributed by atoms with E-state index in [2.05, 4.69) is 44.3 Å². The number of carbonyl (C=O) groups excluding carboxylic acids is 1. The number of amides is 1. The van der Waals surface area contributed by atoms with Gasteiger partial charge in [0, 0.05) is 11.0 Å². The van der Waals surface area contributed by atoms with Crippen LogP contribution in [-0.2, 0) is 11.2 Å². The lowest BCUT2D eigenvalue weighted by molar-refractivity contribution is -0.0340. The number of aryl methyl sites for hydroxylation is 1. The van der Waals surface area contributed by atoms with Crippen LogP contribution in [0.15, 0.2) is 22.7 Å². The molecule has 3 fully saturated rings. The van der Waals surface area contributed by atoms with Gasteiger partial charge in [-0.25, -0.2) is 4.79 Å². The molecule has 0 spiro atoms. The third-order valence-corrected chi connectivity index (χ3v) is 6.06. The van der Waals surface area contributed by atoms with Gasteiger partial charge in [-0.1, -0.05) is 22.0 Å². The number of hydrogen-bond donors (Lipinski definition) is 1. The lowest BCUT2D eigenvalue weighted by atomic mass is 9.86. The summed E-state index contributed by atoms with van der Waals surface area (Å²) < 4.78 is 6.84. The largest absolute Gasteiger partial charge is 0.445 e. The van der Waals surface area contributed by atoms with Gasteiger partial charge in [-0.15, -0.1) is 0 Å². The Balaban J connectivity index is 1.41. The van der Waals surface area contributed by atoms with E-state index in [9.17, 15) is 4.79 Å². The standard InChI is InChI=1S/C18H23BrN2O2/c19-14-5-4-12-2-1-3-16(15(12)10-14)20-18(22)23-17-11-21-8-6-13(17)7-9-21/h4-5,10,13,16-17H,1-3,6-9,11H2,(H,20,22)/t16?,17-/m0/s1. The first-order valence-corrected chi connectivity index (χ1v) is 9.46. The number of nitrogens with one attached hydrogen (secondary N) is 1. The molecule has 3 aliphatic heterocycles. The van der Waals surface area contributed by atoms with Crippen LogP contribution < -0.4 is 5.32 Å². The van der Waals surface area contributed by atoms with Gasteiger partial charge in [0.2, 0.25) is 0 Å². The molecule has 4 aliphatic rings. The van der Waals surface area contributed by atoms with Crippen molar-refractivity contribution in [1.82, 2.24) is 10.2 Å². The highest BCUT2D eigenvalue weighted by molar-refractivity contribution is 9.10. The topological polar surface area (TPSA) is 41.6 Å². The molecule has 124 valence electrons. The van der Waals surface area contributed by atoms with E-state index in [0.717, 1.165) is 56.2 Å².